The molecule has 1 aliphatic heterocycles. The van der Waals surface area contributed by atoms with Gasteiger partial charge in [-0.15, -0.1) is 0 Å². The van der Waals surface area contributed by atoms with Crippen molar-refractivity contribution in [1.82, 2.24) is 0 Å². The maximum Gasteiger partial charge on any atom is 0.229 e. The molecule has 0 radical (unpaired) electrons. The van der Waals surface area contributed by atoms with Gasteiger partial charge >= 0.3 is 0 Å². The maximum atomic E-state index is 12.8. The molecule has 28 heavy (non-hydrogen) atoms. The highest BCUT2D eigenvalue weighted by Gasteiger charge is 2.36. The van der Waals surface area contributed by atoms with E-state index in [2.05, 4.69) is 21.2 Å². The molecule has 0 spiro atoms. The third kappa shape index (κ3) is 4.72. The summed E-state index contributed by atoms with van der Waals surface area (Å²) >= 11 is 3.47. The van der Waals surface area contributed by atoms with Crippen LogP contribution in [0.2, 0.25) is 0 Å². The van der Waals surface area contributed by atoms with Crippen molar-refractivity contribution in [1.29, 1.82) is 0 Å². The van der Waals surface area contributed by atoms with Crippen LogP contribution < -0.4 is 15.0 Å². The van der Waals surface area contributed by atoms with Crippen molar-refractivity contribution in [3.05, 3.63) is 52.5 Å². The van der Waals surface area contributed by atoms with Gasteiger partial charge in [0.25, 0.3) is 0 Å². The first kappa shape index (κ1) is 20.4. The Morgan fingerprint density at radius 3 is 2.79 bits per heavy atom. The standard InChI is InChI=1S/C21H23BrN2O4/c1-14-7-8-17(19(11-14)28-10-9-27-2)23-21(26)15-12-20(25)24(13-15)18-6-4-3-5-16(18)22/h3-8,11,15H,9-10,12-13H2,1-2H3,(H,23,26). The Bertz CT molecular complexity index is 871. The molecule has 2 amide bonds. The summed E-state index contributed by atoms with van der Waals surface area (Å²) < 4.78 is 11.6. The molecule has 1 N–H and O–H groups in total. The number of nitrogens with one attached hydrogen (secondary N) is 1. The van der Waals surface area contributed by atoms with Gasteiger partial charge in [0.05, 0.1) is 23.9 Å². The molecule has 148 valence electrons. The van der Waals surface area contributed by atoms with E-state index < -0.39 is 5.92 Å². The SMILES string of the molecule is COCCOc1cc(C)ccc1NC(=O)C1CC(=O)N(c2ccccc2Br)C1. The number of rotatable bonds is 7. The van der Waals surface area contributed by atoms with Gasteiger partial charge in [-0.25, -0.2) is 0 Å². The van der Waals surface area contributed by atoms with E-state index >= 15 is 0 Å². The second-order valence-corrected chi connectivity index (χ2v) is 7.54. The van der Waals surface area contributed by atoms with E-state index in [1.165, 1.54) is 0 Å². The lowest BCUT2D eigenvalue weighted by Gasteiger charge is -2.18. The number of hydrogen-bond acceptors (Lipinski definition) is 4. The lowest BCUT2D eigenvalue weighted by atomic mass is 10.1. The topological polar surface area (TPSA) is 67.9 Å². The highest BCUT2D eigenvalue weighted by molar-refractivity contribution is 9.10. The van der Waals surface area contributed by atoms with Crippen LogP contribution in [0.1, 0.15) is 12.0 Å². The number of para-hydroxylation sites is 1. The molecule has 3 rings (SSSR count). The summed E-state index contributed by atoms with van der Waals surface area (Å²) in [4.78, 5) is 26.9. The monoisotopic (exact) mass is 446 g/mol. The molecule has 1 saturated heterocycles. The third-order valence-electron chi connectivity index (χ3n) is 4.58. The minimum atomic E-state index is -0.423. The van der Waals surface area contributed by atoms with Crippen molar-refractivity contribution in [2.75, 3.05) is 37.1 Å². The largest absolute Gasteiger partial charge is 0.489 e. The zero-order valence-electron chi connectivity index (χ0n) is 15.9. The molecule has 1 atom stereocenters. The zero-order chi connectivity index (χ0) is 20.1. The molecule has 2 aromatic rings. The molecule has 1 fully saturated rings. The highest BCUT2D eigenvalue weighted by atomic mass is 79.9. The van der Waals surface area contributed by atoms with Crippen LogP contribution in [0.4, 0.5) is 11.4 Å². The van der Waals surface area contributed by atoms with Crippen molar-refractivity contribution >= 4 is 39.1 Å². The Balaban J connectivity index is 1.70. The van der Waals surface area contributed by atoms with Gasteiger partial charge in [0.15, 0.2) is 0 Å². The second-order valence-electron chi connectivity index (χ2n) is 6.69. The van der Waals surface area contributed by atoms with Crippen LogP contribution in [0, 0.1) is 12.8 Å². The van der Waals surface area contributed by atoms with Crippen LogP contribution in [0.15, 0.2) is 46.9 Å². The van der Waals surface area contributed by atoms with Crippen LogP contribution in [0.3, 0.4) is 0 Å². The molecule has 1 heterocycles. The zero-order valence-corrected chi connectivity index (χ0v) is 17.5. The Hall–Kier alpha value is -2.38. The highest BCUT2D eigenvalue weighted by Crippen LogP contribution is 2.32. The van der Waals surface area contributed by atoms with Crippen LogP contribution in [-0.4, -0.2) is 38.7 Å². The summed E-state index contributed by atoms with van der Waals surface area (Å²) in [5.74, 6) is -0.0824. The van der Waals surface area contributed by atoms with Gasteiger partial charge in [0, 0.05) is 24.5 Å². The quantitative estimate of drug-likeness (QED) is 0.657. The van der Waals surface area contributed by atoms with Gasteiger partial charge in [-0.1, -0.05) is 18.2 Å². The molecule has 7 heteroatoms. The average Bonchev–Trinajstić information content (AvgIpc) is 3.06. The first-order valence-corrected chi connectivity index (χ1v) is 9.87. The fraction of sp³-hybridized carbons (Fsp3) is 0.333. The minimum absolute atomic E-state index is 0.0625. The number of methoxy groups -OCH3 is 1. The van der Waals surface area contributed by atoms with E-state index in [-0.39, 0.29) is 18.2 Å². The molecule has 0 aliphatic carbocycles. The lowest BCUT2D eigenvalue weighted by Crippen LogP contribution is -2.28. The van der Waals surface area contributed by atoms with E-state index in [0.717, 1.165) is 15.7 Å². The van der Waals surface area contributed by atoms with Crippen LogP contribution in [0.5, 0.6) is 5.75 Å². The normalized spacial score (nSPS) is 16.3. The molecule has 2 aromatic carbocycles. The summed E-state index contributed by atoms with van der Waals surface area (Å²) in [6.45, 7) is 3.15. The van der Waals surface area contributed by atoms with E-state index in [1.807, 2.05) is 49.4 Å². The second kappa shape index (κ2) is 9.21. The van der Waals surface area contributed by atoms with E-state index in [9.17, 15) is 9.59 Å². The molecule has 0 aromatic heterocycles. The lowest BCUT2D eigenvalue weighted by molar-refractivity contribution is -0.122. The Kier molecular flexibility index (Phi) is 6.70. The van der Waals surface area contributed by atoms with Crippen molar-refractivity contribution in [3.8, 4) is 5.75 Å². The van der Waals surface area contributed by atoms with Crippen LogP contribution >= 0.6 is 15.9 Å². The Labute approximate surface area is 172 Å². The van der Waals surface area contributed by atoms with Gasteiger partial charge in [-0.2, -0.15) is 0 Å². The summed E-state index contributed by atoms with van der Waals surface area (Å²) in [5, 5.41) is 2.92. The van der Waals surface area contributed by atoms with E-state index in [0.29, 0.717) is 31.2 Å². The smallest absolute Gasteiger partial charge is 0.229 e. The third-order valence-corrected chi connectivity index (χ3v) is 5.25. The number of carbonyl (C=O) groups excluding carboxylic acids is 2. The van der Waals surface area contributed by atoms with Gasteiger partial charge < -0.3 is 19.7 Å². The number of halogens is 1. The van der Waals surface area contributed by atoms with Gasteiger partial charge in [0.1, 0.15) is 12.4 Å². The number of hydrogen-bond donors (Lipinski definition) is 1. The summed E-state index contributed by atoms with van der Waals surface area (Å²) in [6, 6.07) is 13.1. The number of benzene rings is 2. The molecular weight excluding hydrogens is 424 g/mol. The Morgan fingerprint density at radius 1 is 1.25 bits per heavy atom. The predicted octanol–water partition coefficient (Wildman–Crippen LogP) is 3.77. The summed E-state index contributed by atoms with van der Waals surface area (Å²) in [6.07, 6.45) is 0.179. The molecule has 1 unspecified atom stereocenters. The van der Waals surface area contributed by atoms with E-state index in [4.69, 9.17) is 9.47 Å². The summed E-state index contributed by atoms with van der Waals surface area (Å²) in [7, 11) is 1.61. The van der Waals surface area contributed by atoms with Crippen molar-refractivity contribution in [3.63, 3.8) is 0 Å². The Morgan fingerprint density at radius 2 is 2.04 bits per heavy atom. The number of nitrogens with zero attached hydrogens (tertiary/aromatic N) is 1. The van der Waals surface area contributed by atoms with Gasteiger partial charge in [-0.3, -0.25) is 9.59 Å². The van der Waals surface area contributed by atoms with Gasteiger partial charge in [-0.05, 0) is 52.7 Å². The number of aryl methyl sites for hydroxylation is 1. The van der Waals surface area contributed by atoms with Crippen molar-refractivity contribution < 1.29 is 19.1 Å². The number of ether oxygens (including phenoxy) is 2. The molecular formula is C21H23BrN2O4. The van der Waals surface area contributed by atoms with Gasteiger partial charge in [0.2, 0.25) is 11.8 Å². The molecule has 1 aliphatic rings. The first-order chi connectivity index (χ1) is 13.5. The molecule has 0 bridgehead atoms. The molecule has 0 saturated carbocycles. The van der Waals surface area contributed by atoms with Crippen LogP contribution in [0.25, 0.3) is 0 Å². The van der Waals surface area contributed by atoms with Crippen molar-refractivity contribution in [2.24, 2.45) is 5.92 Å². The van der Waals surface area contributed by atoms with E-state index in [1.54, 1.807) is 12.0 Å². The summed E-state index contributed by atoms with van der Waals surface area (Å²) in [5.41, 5.74) is 2.40. The number of amides is 2. The molecule has 6 nitrogen and oxygen atoms in total. The fourth-order valence-corrected chi connectivity index (χ4v) is 3.61. The predicted molar refractivity (Wildman–Crippen MR) is 112 cm³/mol. The number of anilines is 2. The van der Waals surface area contributed by atoms with Crippen LogP contribution in [-0.2, 0) is 14.3 Å². The fourth-order valence-electron chi connectivity index (χ4n) is 3.11. The number of carbonyl (C=O) groups is 2. The van der Waals surface area contributed by atoms with Crippen molar-refractivity contribution in [2.45, 2.75) is 13.3 Å². The average molecular weight is 447 g/mol. The first-order valence-electron chi connectivity index (χ1n) is 9.07. The maximum absolute atomic E-state index is 12.8. The minimum Gasteiger partial charge on any atom is -0.489 e.